The lowest BCUT2D eigenvalue weighted by Gasteiger charge is -2.34. The van der Waals surface area contributed by atoms with Crippen molar-refractivity contribution >= 4 is 21.7 Å². The number of hydrogen-bond acceptors (Lipinski definition) is 2. The van der Waals surface area contributed by atoms with Crippen LogP contribution in [0.1, 0.15) is 22.3 Å². The Morgan fingerprint density at radius 3 is 1.69 bits per heavy atom. The highest BCUT2D eigenvalue weighted by atomic mass is 14.9. The average Bonchev–Trinajstić information content (AvgIpc) is 3.40. The molecule has 1 aliphatic rings. The van der Waals surface area contributed by atoms with Gasteiger partial charge in [0, 0.05) is 16.5 Å². The minimum Gasteiger partial charge on any atom is -0.228 e. The quantitative estimate of drug-likeness (QED) is 0.210. The normalized spacial score (nSPS) is 13.1. The van der Waals surface area contributed by atoms with Gasteiger partial charge in [-0.15, -0.1) is 0 Å². The van der Waals surface area contributed by atoms with Crippen LogP contribution in [0.25, 0.3) is 55.4 Å². The molecule has 0 bridgehead atoms. The first-order valence-corrected chi connectivity index (χ1v) is 15.4. The maximum absolute atomic E-state index is 5.21. The van der Waals surface area contributed by atoms with Crippen molar-refractivity contribution in [3.63, 3.8) is 0 Å². The molecule has 0 amide bonds. The number of rotatable bonds is 4. The van der Waals surface area contributed by atoms with Crippen molar-refractivity contribution in [2.45, 2.75) is 5.41 Å². The van der Waals surface area contributed by atoms with Crippen LogP contribution in [0.3, 0.4) is 0 Å². The molecule has 1 heterocycles. The molecule has 45 heavy (non-hydrogen) atoms. The molecule has 0 fully saturated rings. The molecule has 0 N–H and O–H groups in total. The van der Waals surface area contributed by atoms with Crippen LogP contribution >= 0.6 is 0 Å². The number of aromatic nitrogens is 2. The van der Waals surface area contributed by atoms with Crippen LogP contribution in [0, 0.1) is 0 Å². The summed E-state index contributed by atoms with van der Waals surface area (Å²) in [6.07, 6.45) is 0. The van der Waals surface area contributed by atoms with Crippen molar-refractivity contribution in [3.05, 3.63) is 192 Å². The van der Waals surface area contributed by atoms with E-state index in [-0.39, 0.29) is 0 Å². The van der Waals surface area contributed by atoms with Crippen molar-refractivity contribution in [2.24, 2.45) is 0 Å². The Hall–Kier alpha value is -5.86. The van der Waals surface area contributed by atoms with Gasteiger partial charge in [0.15, 0.2) is 5.82 Å². The zero-order valence-electron chi connectivity index (χ0n) is 24.6. The van der Waals surface area contributed by atoms with Gasteiger partial charge in [-0.2, -0.15) is 0 Å². The molecule has 1 aliphatic carbocycles. The van der Waals surface area contributed by atoms with Gasteiger partial charge in [0.1, 0.15) is 0 Å². The van der Waals surface area contributed by atoms with E-state index < -0.39 is 5.41 Å². The summed E-state index contributed by atoms with van der Waals surface area (Å²) in [6, 6.07) is 60.9. The summed E-state index contributed by atoms with van der Waals surface area (Å²) in [5.74, 6) is 0.731. The highest BCUT2D eigenvalue weighted by molar-refractivity contribution is 5.97. The third-order valence-corrected chi connectivity index (χ3v) is 9.33. The van der Waals surface area contributed by atoms with Gasteiger partial charge in [-0.05, 0) is 68.4 Å². The summed E-state index contributed by atoms with van der Waals surface area (Å²) in [6.45, 7) is 0. The topological polar surface area (TPSA) is 25.8 Å². The van der Waals surface area contributed by atoms with Crippen LogP contribution in [0.2, 0.25) is 0 Å². The highest BCUT2D eigenvalue weighted by Gasteiger charge is 2.46. The summed E-state index contributed by atoms with van der Waals surface area (Å²) in [4.78, 5) is 10.3. The molecule has 0 saturated carbocycles. The van der Waals surface area contributed by atoms with E-state index in [9.17, 15) is 0 Å². The van der Waals surface area contributed by atoms with Gasteiger partial charge in [0.2, 0.25) is 0 Å². The first-order valence-electron chi connectivity index (χ1n) is 15.4. The highest BCUT2D eigenvalue weighted by Crippen LogP contribution is 2.57. The van der Waals surface area contributed by atoms with Gasteiger partial charge in [-0.1, -0.05) is 146 Å². The van der Waals surface area contributed by atoms with E-state index in [2.05, 4.69) is 158 Å². The maximum Gasteiger partial charge on any atom is 0.160 e. The molecule has 1 aromatic heterocycles. The summed E-state index contributed by atoms with van der Waals surface area (Å²) in [5.41, 5.74) is 11.1. The third-order valence-electron chi connectivity index (χ3n) is 9.33. The molecule has 7 aromatic carbocycles. The summed E-state index contributed by atoms with van der Waals surface area (Å²) in [7, 11) is 0. The number of nitrogens with zero attached hydrogens (tertiary/aromatic N) is 2. The Labute approximate surface area is 262 Å². The molecule has 0 spiro atoms. The fourth-order valence-electron chi connectivity index (χ4n) is 7.34. The lowest BCUT2D eigenvalue weighted by atomic mass is 9.67. The van der Waals surface area contributed by atoms with Crippen LogP contribution in [0.4, 0.5) is 0 Å². The zero-order valence-corrected chi connectivity index (χ0v) is 24.6. The largest absolute Gasteiger partial charge is 0.228 e. The van der Waals surface area contributed by atoms with E-state index in [1.807, 2.05) is 12.1 Å². The Kier molecular flexibility index (Phi) is 5.76. The van der Waals surface area contributed by atoms with Gasteiger partial charge in [0.25, 0.3) is 0 Å². The number of benzene rings is 7. The molecule has 210 valence electrons. The van der Waals surface area contributed by atoms with Crippen LogP contribution in [0.15, 0.2) is 170 Å². The van der Waals surface area contributed by atoms with E-state index in [1.54, 1.807) is 0 Å². The van der Waals surface area contributed by atoms with E-state index in [1.165, 1.54) is 44.2 Å². The van der Waals surface area contributed by atoms with E-state index in [0.717, 1.165) is 33.5 Å². The molecule has 2 nitrogen and oxygen atoms in total. The predicted octanol–water partition coefficient (Wildman–Crippen LogP) is 10.5. The van der Waals surface area contributed by atoms with Gasteiger partial charge in [-0.25, -0.2) is 9.97 Å². The predicted molar refractivity (Wildman–Crippen MR) is 185 cm³/mol. The smallest absolute Gasteiger partial charge is 0.160 e. The molecule has 2 heteroatoms. The molecule has 0 saturated heterocycles. The second kappa shape index (κ2) is 10.1. The van der Waals surface area contributed by atoms with Crippen molar-refractivity contribution in [3.8, 4) is 33.8 Å². The Balaban J connectivity index is 1.35. The van der Waals surface area contributed by atoms with Gasteiger partial charge in [0.05, 0.1) is 16.6 Å². The molecule has 8 aromatic rings. The fraction of sp³-hybridized carbons (Fsp3) is 0.0233. The third kappa shape index (κ3) is 3.89. The molecule has 0 unspecified atom stereocenters. The van der Waals surface area contributed by atoms with E-state index in [0.29, 0.717) is 0 Å². The Morgan fingerprint density at radius 2 is 0.978 bits per heavy atom. The van der Waals surface area contributed by atoms with Crippen molar-refractivity contribution in [1.82, 2.24) is 9.97 Å². The summed E-state index contributed by atoms with van der Waals surface area (Å²) < 4.78 is 0. The fourth-order valence-corrected chi connectivity index (χ4v) is 7.34. The number of fused-ring (bicyclic) bond motifs is 5. The lowest BCUT2D eigenvalue weighted by molar-refractivity contribution is 0.769. The average molecular weight is 573 g/mol. The van der Waals surface area contributed by atoms with Crippen molar-refractivity contribution < 1.29 is 0 Å². The zero-order chi connectivity index (χ0) is 29.8. The van der Waals surface area contributed by atoms with Gasteiger partial charge in [-0.3, -0.25) is 0 Å². The summed E-state index contributed by atoms with van der Waals surface area (Å²) >= 11 is 0. The Bertz CT molecular complexity index is 2320. The first-order chi connectivity index (χ1) is 22.3. The van der Waals surface area contributed by atoms with Crippen molar-refractivity contribution in [2.75, 3.05) is 0 Å². The van der Waals surface area contributed by atoms with Crippen LogP contribution in [-0.4, -0.2) is 9.97 Å². The molecule has 0 aliphatic heterocycles. The second-order valence-corrected chi connectivity index (χ2v) is 11.8. The van der Waals surface area contributed by atoms with E-state index in [4.69, 9.17) is 9.97 Å². The lowest BCUT2D eigenvalue weighted by Crippen LogP contribution is -2.28. The Morgan fingerprint density at radius 1 is 0.400 bits per heavy atom. The maximum atomic E-state index is 5.21. The van der Waals surface area contributed by atoms with Gasteiger partial charge < -0.3 is 0 Å². The monoisotopic (exact) mass is 572 g/mol. The molecule has 9 rings (SSSR count). The number of para-hydroxylation sites is 1. The minimum atomic E-state index is -0.463. The molecular formula is C43H28N2. The van der Waals surface area contributed by atoms with Gasteiger partial charge >= 0.3 is 0 Å². The molecule has 0 radical (unpaired) electrons. The second-order valence-electron chi connectivity index (χ2n) is 11.8. The van der Waals surface area contributed by atoms with Crippen LogP contribution in [-0.2, 0) is 5.41 Å². The summed E-state index contributed by atoms with van der Waals surface area (Å²) in [5, 5.41) is 3.53. The SMILES string of the molecule is c1ccc(-c2nc(-c3ccc4c(c3)-c3cc5ccccc5cc3C4(c3ccccc3)c3ccccc3)nc3ccccc23)cc1. The van der Waals surface area contributed by atoms with Crippen LogP contribution in [0.5, 0.6) is 0 Å². The van der Waals surface area contributed by atoms with Crippen LogP contribution < -0.4 is 0 Å². The molecular weight excluding hydrogens is 544 g/mol. The molecule has 0 atom stereocenters. The van der Waals surface area contributed by atoms with Crippen molar-refractivity contribution in [1.29, 1.82) is 0 Å². The van der Waals surface area contributed by atoms with E-state index >= 15 is 0 Å². The minimum absolute atomic E-state index is 0.463. The number of hydrogen-bond donors (Lipinski definition) is 0. The first kappa shape index (κ1) is 25.6. The standard InChI is InChI=1S/C43H28N2/c1-4-14-29(15-5-1)41-35-22-12-13-23-40(35)44-42(45-41)32-24-25-38-36(27-32)37-26-30-16-10-11-17-31(30)28-39(37)43(38,33-18-6-2-7-19-33)34-20-8-3-9-21-34/h1-28H.